The smallest absolute Gasteiger partial charge is 0.224 e. The van der Waals surface area contributed by atoms with Gasteiger partial charge in [0.1, 0.15) is 0 Å². The summed E-state index contributed by atoms with van der Waals surface area (Å²) in [5, 5.41) is 6.49. The number of rotatable bonds is 4. The first kappa shape index (κ1) is 15.0. The highest BCUT2D eigenvalue weighted by Gasteiger charge is 2.21. The highest BCUT2D eigenvalue weighted by molar-refractivity contribution is 5.78. The minimum Gasteiger partial charge on any atom is -0.356 e. The fraction of sp³-hybridized carbons (Fsp3) is 0.588. The number of hydrogen-bond donors (Lipinski definition) is 2. The fourth-order valence-corrected chi connectivity index (χ4v) is 2.78. The van der Waals surface area contributed by atoms with E-state index in [1.807, 2.05) is 0 Å². The third kappa shape index (κ3) is 4.07. The van der Waals surface area contributed by atoms with Crippen LogP contribution in [0.4, 0.5) is 0 Å². The lowest BCUT2D eigenvalue weighted by Crippen LogP contribution is -2.41. The molecule has 1 saturated heterocycles. The Labute approximate surface area is 122 Å². The molecule has 0 spiro atoms. The Kier molecular flexibility index (Phi) is 5.18. The number of carbonyl (C=O) groups excluding carboxylic acids is 1. The highest BCUT2D eigenvalue weighted by Crippen LogP contribution is 2.17. The van der Waals surface area contributed by atoms with Crippen molar-refractivity contribution in [1.82, 2.24) is 10.6 Å². The first-order chi connectivity index (χ1) is 9.56. The lowest BCUT2D eigenvalue weighted by atomic mass is 9.88. The first-order valence-electron chi connectivity index (χ1n) is 7.60. The molecule has 1 fully saturated rings. The number of benzene rings is 1. The van der Waals surface area contributed by atoms with Gasteiger partial charge >= 0.3 is 0 Å². The van der Waals surface area contributed by atoms with Gasteiger partial charge < -0.3 is 10.6 Å². The van der Waals surface area contributed by atoms with E-state index in [1.165, 1.54) is 11.1 Å². The maximum absolute atomic E-state index is 12.0. The molecule has 3 heteroatoms. The highest BCUT2D eigenvalue weighted by atomic mass is 16.1. The van der Waals surface area contributed by atoms with Crippen molar-refractivity contribution >= 4 is 5.91 Å². The zero-order chi connectivity index (χ0) is 14.5. The standard InChI is InChI=1S/C17H26N2O/c1-12-4-5-15(8-13(12)2)9-17(20)19-11-16-6-7-18-10-14(16)3/h4-5,8,14,16,18H,6-7,9-11H2,1-3H3,(H,19,20). The van der Waals surface area contributed by atoms with Crippen molar-refractivity contribution in [3.63, 3.8) is 0 Å². The SMILES string of the molecule is Cc1ccc(CC(=O)NCC2CCNCC2C)cc1C. The molecule has 2 unspecified atom stereocenters. The summed E-state index contributed by atoms with van der Waals surface area (Å²) >= 11 is 0. The molecule has 1 aliphatic heterocycles. The lowest BCUT2D eigenvalue weighted by molar-refractivity contribution is -0.120. The van der Waals surface area contributed by atoms with Crippen LogP contribution in [0.25, 0.3) is 0 Å². The van der Waals surface area contributed by atoms with Gasteiger partial charge in [0.25, 0.3) is 0 Å². The molecule has 2 rings (SSSR count). The average molecular weight is 274 g/mol. The first-order valence-corrected chi connectivity index (χ1v) is 7.60. The van der Waals surface area contributed by atoms with Crippen LogP contribution in [0.5, 0.6) is 0 Å². The summed E-state index contributed by atoms with van der Waals surface area (Å²) in [6.45, 7) is 9.39. The molecule has 20 heavy (non-hydrogen) atoms. The van der Waals surface area contributed by atoms with E-state index >= 15 is 0 Å². The summed E-state index contributed by atoms with van der Waals surface area (Å²) in [7, 11) is 0. The van der Waals surface area contributed by atoms with Gasteiger partial charge in [0.15, 0.2) is 0 Å². The van der Waals surface area contributed by atoms with Gasteiger partial charge in [-0.2, -0.15) is 0 Å². The second-order valence-electron chi connectivity index (χ2n) is 6.13. The van der Waals surface area contributed by atoms with Crippen LogP contribution in [0.1, 0.15) is 30.0 Å². The lowest BCUT2D eigenvalue weighted by Gasteiger charge is -2.29. The van der Waals surface area contributed by atoms with E-state index in [-0.39, 0.29) is 5.91 Å². The Morgan fingerprint density at radius 3 is 2.85 bits per heavy atom. The largest absolute Gasteiger partial charge is 0.356 e. The summed E-state index contributed by atoms with van der Waals surface area (Å²) < 4.78 is 0. The topological polar surface area (TPSA) is 41.1 Å². The Balaban J connectivity index is 1.81. The van der Waals surface area contributed by atoms with E-state index in [0.29, 0.717) is 18.3 Å². The van der Waals surface area contributed by atoms with Crippen molar-refractivity contribution in [2.45, 2.75) is 33.6 Å². The Morgan fingerprint density at radius 2 is 2.15 bits per heavy atom. The summed E-state index contributed by atoms with van der Waals surface area (Å²) in [5.41, 5.74) is 3.63. The number of aryl methyl sites for hydroxylation is 2. The molecule has 2 atom stereocenters. The number of amides is 1. The molecule has 110 valence electrons. The third-order valence-electron chi connectivity index (χ3n) is 4.46. The molecule has 1 aliphatic rings. The number of nitrogens with one attached hydrogen (secondary N) is 2. The maximum Gasteiger partial charge on any atom is 0.224 e. The molecule has 1 aromatic rings. The van der Waals surface area contributed by atoms with Crippen molar-refractivity contribution in [1.29, 1.82) is 0 Å². The molecule has 1 aromatic carbocycles. The second kappa shape index (κ2) is 6.89. The van der Waals surface area contributed by atoms with E-state index in [1.54, 1.807) is 0 Å². The van der Waals surface area contributed by atoms with E-state index < -0.39 is 0 Å². The van der Waals surface area contributed by atoms with Crippen LogP contribution in [0.15, 0.2) is 18.2 Å². The van der Waals surface area contributed by atoms with Gasteiger partial charge in [0.2, 0.25) is 5.91 Å². The Bertz CT molecular complexity index is 470. The van der Waals surface area contributed by atoms with Crippen LogP contribution in [-0.2, 0) is 11.2 Å². The van der Waals surface area contributed by atoms with E-state index in [4.69, 9.17) is 0 Å². The zero-order valence-corrected chi connectivity index (χ0v) is 12.8. The second-order valence-corrected chi connectivity index (χ2v) is 6.13. The van der Waals surface area contributed by atoms with Gasteiger partial charge in [-0.1, -0.05) is 25.1 Å². The zero-order valence-electron chi connectivity index (χ0n) is 12.8. The molecular weight excluding hydrogens is 248 g/mol. The Morgan fingerprint density at radius 1 is 1.35 bits per heavy atom. The number of carbonyl (C=O) groups is 1. The number of hydrogen-bond acceptors (Lipinski definition) is 2. The Hall–Kier alpha value is -1.35. The molecule has 0 radical (unpaired) electrons. The van der Waals surface area contributed by atoms with Crippen molar-refractivity contribution < 1.29 is 4.79 Å². The van der Waals surface area contributed by atoms with Gasteiger partial charge in [-0.25, -0.2) is 0 Å². The average Bonchev–Trinajstić information content (AvgIpc) is 2.42. The van der Waals surface area contributed by atoms with Crippen molar-refractivity contribution in [3.8, 4) is 0 Å². The van der Waals surface area contributed by atoms with Crippen LogP contribution in [0, 0.1) is 25.7 Å². The summed E-state index contributed by atoms with van der Waals surface area (Å²) in [5.74, 6) is 1.39. The van der Waals surface area contributed by atoms with Gasteiger partial charge in [-0.05, 0) is 61.9 Å². The van der Waals surface area contributed by atoms with Gasteiger partial charge in [0.05, 0.1) is 6.42 Å². The summed E-state index contributed by atoms with van der Waals surface area (Å²) in [6.07, 6.45) is 1.64. The van der Waals surface area contributed by atoms with Crippen LogP contribution < -0.4 is 10.6 Å². The predicted octanol–water partition coefficient (Wildman–Crippen LogP) is 2.21. The molecule has 0 bridgehead atoms. The normalized spacial score (nSPS) is 22.6. The molecule has 1 amide bonds. The third-order valence-corrected chi connectivity index (χ3v) is 4.46. The minimum absolute atomic E-state index is 0.138. The van der Waals surface area contributed by atoms with Crippen LogP contribution in [0.2, 0.25) is 0 Å². The molecular formula is C17H26N2O. The van der Waals surface area contributed by atoms with Gasteiger partial charge in [-0.3, -0.25) is 4.79 Å². The van der Waals surface area contributed by atoms with Crippen LogP contribution >= 0.6 is 0 Å². The molecule has 2 N–H and O–H groups in total. The monoisotopic (exact) mass is 274 g/mol. The van der Waals surface area contributed by atoms with Crippen molar-refractivity contribution in [2.24, 2.45) is 11.8 Å². The fourth-order valence-electron chi connectivity index (χ4n) is 2.78. The van der Waals surface area contributed by atoms with E-state index in [9.17, 15) is 4.79 Å². The quantitative estimate of drug-likeness (QED) is 0.884. The summed E-state index contributed by atoms with van der Waals surface area (Å²) in [4.78, 5) is 12.0. The van der Waals surface area contributed by atoms with Crippen molar-refractivity contribution in [3.05, 3.63) is 34.9 Å². The van der Waals surface area contributed by atoms with Gasteiger partial charge in [0, 0.05) is 6.54 Å². The minimum atomic E-state index is 0.138. The predicted molar refractivity (Wildman–Crippen MR) is 82.8 cm³/mol. The summed E-state index contributed by atoms with van der Waals surface area (Å²) in [6, 6.07) is 6.25. The molecule has 1 heterocycles. The van der Waals surface area contributed by atoms with Gasteiger partial charge in [-0.15, -0.1) is 0 Å². The molecule has 0 aromatic heterocycles. The van der Waals surface area contributed by atoms with E-state index in [2.05, 4.69) is 49.6 Å². The van der Waals surface area contributed by atoms with E-state index in [0.717, 1.165) is 31.6 Å². The molecule has 3 nitrogen and oxygen atoms in total. The maximum atomic E-state index is 12.0. The van der Waals surface area contributed by atoms with Crippen LogP contribution in [-0.4, -0.2) is 25.5 Å². The van der Waals surface area contributed by atoms with Crippen LogP contribution in [0.3, 0.4) is 0 Å². The van der Waals surface area contributed by atoms with Crippen molar-refractivity contribution in [2.75, 3.05) is 19.6 Å². The number of piperidine rings is 1. The molecule has 0 aliphatic carbocycles. The molecule has 0 saturated carbocycles.